The fraction of sp³-hybridized carbons (Fsp3) is 0.294. The molecule has 0 radical (unpaired) electrons. The van der Waals surface area contributed by atoms with Crippen LogP contribution in [0.2, 0.25) is 0 Å². The fourth-order valence-electron chi connectivity index (χ4n) is 2.77. The van der Waals surface area contributed by atoms with E-state index in [0.717, 1.165) is 10.0 Å². The summed E-state index contributed by atoms with van der Waals surface area (Å²) in [7, 11) is 0. The molecule has 2 heteroatoms. The normalized spacial score (nSPS) is 15.9. The summed E-state index contributed by atoms with van der Waals surface area (Å²) in [5.74, 6) is 0. The molecule has 0 nitrogen and oxygen atoms in total. The van der Waals surface area contributed by atoms with Crippen molar-refractivity contribution in [3.8, 4) is 0 Å². The first-order valence-corrected chi connectivity index (χ1v) is 7.98. The quantitative estimate of drug-likeness (QED) is 0.622. The Hall–Kier alpha value is -0.790. The van der Waals surface area contributed by atoms with Gasteiger partial charge in [-0.2, -0.15) is 0 Å². The lowest BCUT2D eigenvalue weighted by Gasteiger charge is -2.18. The summed E-state index contributed by atoms with van der Waals surface area (Å²) in [6.07, 6.45) is 5.05. The summed E-state index contributed by atoms with van der Waals surface area (Å²) in [4.78, 5) is 0. The molecule has 98 valence electrons. The van der Waals surface area contributed by atoms with Gasteiger partial charge in [-0.15, -0.1) is 11.6 Å². The van der Waals surface area contributed by atoms with Gasteiger partial charge in [0.25, 0.3) is 0 Å². The first-order chi connectivity index (χ1) is 9.24. The number of hydrogen-bond acceptors (Lipinski definition) is 0. The van der Waals surface area contributed by atoms with Crippen molar-refractivity contribution in [3.63, 3.8) is 0 Å². The minimum absolute atomic E-state index is 0.0651. The van der Waals surface area contributed by atoms with E-state index < -0.39 is 0 Å². The average Bonchev–Trinajstić information content (AvgIpc) is 2.46. The number of aryl methyl sites for hydroxylation is 2. The van der Waals surface area contributed by atoms with E-state index >= 15 is 0 Å². The van der Waals surface area contributed by atoms with E-state index in [-0.39, 0.29) is 5.38 Å². The Bertz CT molecular complexity index is 592. The molecule has 1 atom stereocenters. The molecule has 0 fully saturated rings. The van der Waals surface area contributed by atoms with Gasteiger partial charge in [0.1, 0.15) is 0 Å². The molecule has 0 saturated carbocycles. The Morgan fingerprint density at radius 2 is 1.63 bits per heavy atom. The molecular weight excluding hydrogens is 320 g/mol. The van der Waals surface area contributed by atoms with E-state index in [2.05, 4.69) is 46.3 Å². The highest BCUT2D eigenvalue weighted by atomic mass is 79.9. The average molecular weight is 336 g/mol. The third-order valence-electron chi connectivity index (χ3n) is 3.81. The van der Waals surface area contributed by atoms with Crippen molar-refractivity contribution in [2.45, 2.75) is 31.1 Å². The number of halogens is 2. The lowest BCUT2D eigenvalue weighted by atomic mass is 9.89. The van der Waals surface area contributed by atoms with Gasteiger partial charge in [-0.3, -0.25) is 0 Å². The van der Waals surface area contributed by atoms with Crippen LogP contribution in [0.5, 0.6) is 0 Å². The van der Waals surface area contributed by atoms with Crippen molar-refractivity contribution < 1.29 is 0 Å². The lowest BCUT2D eigenvalue weighted by Crippen LogP contribution is -2.04. The number of alkyl halides is 1. The minimum Gasteiger partial charge on any atom is -0.113 e. The predicted octanol–water partition coefficient (Wildman–Crippen LogP) is 5.66. The van der Waals surface area contributed by atoms with Crippen molar-refractivity contribution in [1.82, 2.24) is 0 Å². The van der Waals surface area contributed by atoms with Crippen LogP contribution >= 0.6 is 27.5 Å². The highest BCUT2D eigenvalue weighted by Crippen LogP contribution is 2.33. The molecule has 1 aliphatic carbocycles. The maximum absolute atomic E-state index is 6.63. The van der Waals surface area contributed by atoms with Crippen molar-refractivity contribution in [2.24, 2.45) is 0 Å². The first kappa shape index (κ1) is 13.2. The largest absolute Gasteiger partial charge is 0.113 e. The van der Waals surface area contributed by atoms with Gasteiger partial charge < -0.3 is 0 Å². The number of fused-ring (bicyclic) bond motifs is 1. The Labute approximate surface area is 127 Å². The van der Waals surface area contributed by atoms with Crippen LogP contribution in [0.3, 0.4) is 0 Å². The highest BCUT2D eigenvalue weighted by Gasteiger charge is 2.15. The maximum Gasteiger partial charge on any atom is 0.0835 e. The lowest BCUT2D eigenvalue weighted by molar-refractivity contribution is 0.684. The van der Waals surface area contributed by atoms with Gasteiger partial charge >= 0.3 is 0 Å². The van der Waals surface area contributed by atoms with Gasteiger partial charge in [-0.1, -0.05) is 46.3 Å². The molecule has 2 aromatic rings. The summed E-state index contributed by atoms with van der Waals surface area (Å²) in [5.41, 5.74) is 5.35. The van der Waals surface area contributed by atoms with Gasteiger partial charge in [0, 0.05) is 4.47 Å². The Morgan fingerprint density at radius 1 is 0.895 bits per heavy atom. The van der Waals surface area contributed by atoms with Crippen LogP contribution < -0.4 is 0 Å². The van der Waals surface area contributed by atoms with Crippen LogP contribution in [-0.4, -0.2) is 0 Å². The highest BCUT2D eigenvalue weighted by molar-refractivity contribution is 9.10. The number of benzene rings is 2. The summed E-state index contributed by atoms with van der Waals surface area (Å²) in [5, 5.41) is -0.0651. The van der Waals surface area contributed by atoms with Gasteiger partial charge in [-0.25, -0.2) is 0 Å². The summed E-state index contributed by atoms with van der Waals surface area (Å²) in [6.45, 7) is 0. The van der Waals surface area contributed by atoms with Crippen molar-refractivity contribution in [1.29, 1.82) is 0 Å². The zero-order valence-corrected chi connectivity index (χ0v) is 13.0. The van der Waals surface area contributed by atoms with E-state index in [1.54, 1.807) is 0 Å². The molecule has 1 aliphatic rings. The molecule has 2 aromatic carbocycles. The molecule has 1 unspecified atom stereocenters. The monoisotopic (exact) mass is 334 g/mol. The van der Waals surface area contributed by atoms with Crippen molar-refractivity contribution >= 4 is 27.5 Å². The Kier molecular flexibility index (Phi) is 3.95. The standard InChI is InChI=1S/C17H16BrCl/c18-16-7-3-6-14(11-16)17(19)15-9-8-12-4-1-2-5-13(12)10-15/h3,6-11,17H,1-2,4-5H2. The van der Waals surface area contributed by atoms with Gasteiger partial charge in [0.2, 0.25) is 0 Å². The van der Waals surface area contributed by atoms with E-state index in [9.17, 15) is 0 Å². The van der Waals surface area contributed by atoms with E-state index in [4.69, 9.17) is 11.6 Å². The molecule has 0 heterocycles. The zero-order valence-electron chi connectivity index (χ0n) is 10.7. The fourth-order valence-corrected chi connectivity index (χ4v) is 3.46. The smallest absolute Gasteiger partial charge is 0.0835 e. The van der Waals surface area contributed by atoms with E-state index in [1.165, 1.54) is 42.4 Å². The molecule has 3 rings (SSSR count). The van der Waals surface area contributed by atoms with Gasteiger partial charge in [0.15, 0.2) is 0 Å². The minimum atomic E-state index is -0.0651. The maximum atomic E-state index is 6.63. The van der Waals surface area contributed by atoms with E-state index in [0.29, 0.717) is 0 Å². The van der Waals surface area contributed by atoms with Crippen LogP contribution in [-0.2, 0) is 12.8 Å². The molecule has 0 bridgehead atoms. The second kappa shape index (κ2) is 5.68. The van der Waals surface area contributed by atoms with Gasteiger partial charge in [0.05, 0.1) is 5.38 Å². The number of hydrogen-bond donors (Lipinski definition) is 0. The summed E-state index contributed by atoms with van der Waals surface area (Å²) >= 11 is 10.1. The summed E-state index contributed by atoms with van der Waals surface area (Å²) in [6, 6.07) is 15.0. The predicted molar refractivity (Wildman–Crippen MR) is 84.9 cm³/mol. The van der Waals surface area contributed by atoms with Crippen LogP contribution in [0, 0.1) is 0 Å². The second-order valence-electron chi connectivity index (χ2n) is 5.15. The van der Waals surface area contributed by atoms with Crippen LogP contribution in [0.15, 0.2) is 46.9 Å². The molecule has 0 spiro atoms. The zero-order chi connectivity index (χ0) is 13.2. The summed E-state index contributed by atoms with van der Waals surface area (Å²) < 4.78 is 1.08. The Morgan fingerprint density at radius 3 is 2.42 bits per heavy atom. The van der Waals surface area contributed by atoms with Crippen molar-refractivity contribution in [2.75, 3.05) is 0 Å². The number of rotatable bonds is 2. The van der Waals surface area contributed by atoms with Crippen LogP contribution in [0.25, 0.3) is 0 Å². The SMILES string of the molecule is ClC(c1cccc(Br)c1)c1ccc2c(c1)CCCC2. The Balaban J connectivity index is 1.93. The molecule has 0 N–H and O–H groups in total. The van der Waals surface area contributed by atoms with Crippen molar-refractivity contribution in [3.05, 3.63) is 69.2 Å². The van der Waals surface area contributed by atoms with Crippen LogP contribution in [0.1, 0.15) is 40.5 Å². The topological polar surface area (TPSA) is 0 Å². The third kappa shape index (κ3) is 2.88. The van der Waals surface area contributed by atoms with E-state index in [1.807, 2.05) is 12.1 Å². The van der Waals surface area contributed by atoms with Gasteiger partial charge in [-0.05, 0) is 60.1 Å². The molecule has 0 aromatic heterocycles. The molecule has 0 saturated heterocycles. The molecule has 0 amide bonds. The molecular formula is C17H16BrCl. The third-order valence-corrected chi connectivity index (χ3v) is 4.80. The molecule has 0 aliphatic heterocycles. The second-order valence-corrected chi connectivity index (χ2v) is 6.50. The molecule has 19 heavy (non-hydrogen) atoms. The van der Waals surface area contributed by atoms with Crippen LogP contribution in [0.4, 0.5) is 0 Å². The first-order valence-electron chi connectivity index (χ1n) is 6.75.